The molecule has 3 heterocycles. The van der Waals surface area contributed by atoms with Crippen LogP contribution in [0.15, 0.2) is 59.2 Å². The monoisotopic (exact) mass is 510 g/mol. The highest BCUT2D eigenvalue weighted by molar-refractivity contribution is 6.05. The van der Waals surface area contributed by atoms with E-state index in [0.29, 0.717) is 18.0 Å². The second-order valence-corrected chi connectivity index (χ2v) is 10.5. The van der Waals surface area contributed by atoms with Crippen LogP contribution in [-0.4, -0.2) is 35.0 Å². The third kappa shape index (κ3) is 5.11. The molecule has 1 amide bonds. The van der Waals surface area contributed by atoms with Crippen molar-refractivity contribution in [3.8, 4) is 5.75 Å². The summed E-state index contributed by atoms with van der Waals surface area (Å²) in [6.45, 7) is 4.55. The Morgan fingerprint density at radius 2 is 1.89 bits per heavy atom. The predicted molar refractivity (Wildman–Crippen MR) is 150 cm³/mol. The zero-order chi connectivity index (χ0) is 26.1. The normalized spacial score (nSPS) is 16.3. The van der Waals surface area contributed by atoms with E-state index in [-0.39, 0.29) is 12.0 Å². The number of likely N-dealkylation sites (tertiary alicyclic amines) is 1. The molecule has 38 heavy (non-hydrogen) atoms. The fourth-order valence-corrected chi connectivity index (χ4v) is 5.62. The summed E-state index contributed by atoms with van der Waals surface area (Å²) >= 11 is 0. The summed E-state index contributed by atoms with van der Waals surface area (Å²) in [7, 11) is 0. The number of hydrogen-bond acceptors (Lipinski definition) is 6. The number of carbonyl (C=O) groups excluding carboxylic acids is 1. The van der Waals surface area contributed by atoms with Gasteiger partial charge in [-0.25, -0.2) is 0 Å². The molecule has 2 aromatic heterocycles. The molecule has 1 fully saturated rings. The first kappa shape index (κ1) is 24.5. The quantitative estimate of drug-likeness (QED) is 0.336. The van der Waals surface area contributed by atoms with E-state index in [0.717, 1.165) is 90.8 Å². The fourth-order valence-electron chi connectivity index (χ4n) is 5.62. The van der Waals surface area contributed by atoms with Gasteiger partial charge in [0.05, 0.1) is 11.8 Å². The predicted octanol–water partition coefficient (Wildman–Crippen LogP) is 5.89. The Labute approximate surface area is 223 Å². The van der Waals surface area contributed by atoms with Crippen LogP contribution in [-0.2, 0) is 19.4 Å². The molecule has 2 aliphatic rings. The summed E-state index contributed by atoms with van der Waals surface area (Å²) in [5, 5.41) is 3.89. The highest BCUT2D eigenvalue weighted by atomic mass is 16.5. The van der Waals surface area contributed by atoms with Crippen LogP contribution in [0.3, 0.4) is 0 Å². The molecule has 0 radical (unpaired) electrons. The molecular formula is C31H34N4O3. The van der Waals surface area contributed by atoms with Crippen molar-refractivity contribution in [2.45, 2.75) is 58.1 Å². The summed E-state index contributed by atoms with van der Waals surface area (Å²) in [6, 6.07) is 15.8. The van der Waals surface area contributed by atoms with E-state index in [1.807, 2.05) is 36.4 Å². The van der Waals surface area contributed by atoms with E-state index in [4.69, 9.17) is 19.9 Å². The van der Waals surface area contributed by atoms with Gasteiger partial charge in [-0.05, 0) is 87.4 Å². The van der Waals surface area contributed by atoms with E-state index in [1.54, 1.807) is 6.26 Å². The minimum Gasteiger partial charge on any atom is -0.490 e. The van der Waals surface area contributed by atoms with Gasteiger partial charge in [-0.2, -0.15) is 0 Å². The molecule has 0 unspecified atom stereocenters. The van der Waals surface area contributed by atoms with E-state index < -0.39 is 0 Å². The van der Waals surface area contributed by atoms with Crippen LogP contribution >= 0.6 is 0 Å². The highest BCUT2D eigenvalue weighted by Gasteiger charge is 2.24. The molecule has 1 aliphatic carbocycles. The average molecular weight is 511 g/mol. The maximum atomic E-state index is 13.2. The number of carbonyl (C=O) groups is 1. The average Bonchev–Trinajstić information content (AvgIpc) is 3.40. The van der Waals surface area contributed by atoms with Gasteiger partial charge in [-0.1, -0.05) is 17.7 Å². The van der Waals surface area contributed by atoms with Gasteiger partial charge in [-0.3, -0.25) is 14.7 Å². The van der Waals surface area contributed by atoms with Crippen LogP contribution in [0, 0.1) is 6.92 Å². The molecule has 4 aromatic rings. The van der Waals surface area contributed by atoms with Crippen molar-refractivity contribution in [2.24, 2.45) is 0 Å². The standard InChI is InChI=1S/C31H34N4O3/c1-20-6-9-23(10-7-20)38-24-12-15-35(16-13-24)19-21-14-17-37-30(21)31(36)33-22-8-11-28-26(18-22)29(32)25-4-2-3-5-27(25)34-28/h6-11,14,17-18,24H,2-5,12-13,15-16,19H2,1H3,(H2,32,34)(H,33,36). The van der Waals surface area contributed by atoms with Crippen LogP contribution in [0.1, 0.15) is 58.6 Å². The lowest BCUT2D eigenvalue weighted by Gasteiger charge is -2.32. The lowest BCUT2D eigenvalue weighted by atomic mass is 9.93. The van der Waals surface area contributed by atoms with Gasteiger partial charge < -0.3 is 20.2 Å². The molecule has 1 aliphatic heterocycles. The largest absolute Gasteiger partial charge is 0.490 e. The number of aryl methyl sites for hydroxylation is 2. The molecule has 196 valence electrons. The summed E-state index contributed by atoms with van der Waals surface area (Å²) in [5.74, 6) is 1.01. The molecular weight excluding hydrogens is 476 g/mol. The Balaban J connectivity index is 1.09. The van der Waals surface area contributed by atoms with Crippen molar-refractivity contribution in [3.63, 3.8) is 0 Å². The van der Waals surface area contributed by atoms with E-state index in [2.05, 4.69) is 29.3 Å². The van der Waals surface area contributed by atoms with Crippen molar-refractivity contribution >= 4 is 28.2 Å². The van der Waals surface area contributed by atoms with Crippen LogP contribution in [0.4, 0.5) is 11.4 Å². The number of aromatic nitrogens is 1. The highest BCUT2D eigenvalue weighted by Crippen LogP contribution is 2.32. The number of rotatable bonds is 6. The summed E-state index contributed by atoms with van der Waals surface area (Å²) in [4.78, 5) is 20.4. The Hall–Kier alpha value is -3.84. The molecule has 1 saturated heterocycles. The third-order valence-corrected chi connectivity index (χ3v) is 7.77. The number of nitrogens with two attached hydrogens (primary N) is 1. The number of furan rings is 1. The van der Waals surface area contributed by atoms with Crippen LogP contribution in [0.25, 0.3) is 10.9 Å². The number of piperidine rings is 1. The van der Waals surface area contributed by atoms with Crippen LogP contribution < -0.4 is 15.8 Å². The van der Waals surface area contributed by atoms with Crippen molar-refractivity contribution in [1.29, 1.82) is 0 Å². The first-order valence-corrected chi connectivity index (χ1v) is 13.6. The Bertz CT molecular complexity index is 1450. The molecule has 7 nitrogen and oxygen atoms in total. The van der Waals surface area contributed by atoms with Gasteiger partial charge in [-0.15, -0.1) is 0 Å². The maximum Gasteiger partial charge on any atom is 0.291 e. The van der Waals surface area contributed by atoms with Gasteiger partial charge in [0, 0.05) is 47.7 Å². The topological polar surface area (TPSA) is 93.6 Å². The lowest BCUT2D eigenvalue weighted by molar-refractivity contribution is 0.0941. The first-order chi connectivity index (χ1) is 18.5. The summed E-state index contributed by atoms with van der Waals surface area (Å²) in [6.07, 6.45) is 7.93. The minimum absolute atomic E-state index is 0.210. The van der Waals surface area contributed by atoms with E-state index in [9.17, 15) is 4.79 Å². The number of nitrogen functional groups attached to an aromatic ring is 1. The molecule has 0 atom stereocenters. The Morgan fingerprint density at radius 1 is 1.11 bits per heavy atom. The maximum absolute atomic E-state index is 13.2. The fraction of sp³-hybridized carbons (Fsp3) is 0.355. The Morgan fingerprint density at radius 3 is 2.71 bits per heavy atom. The molecule has 2 aromatic carbocycles. The molecule has 0 spiro atoms. The molecule has 0 bridgehead atoms. The third-order valence-electron chi connectivity index (χ3n) is 7.77. The smallest absolute Gasteiger partial charge is 0.291 e. The zero-order valence-corrected chi connectivity index (χ0v) is 21.8. The number of pyridine rings is 1. The number of ether oxygens (including phenoxy) is 1. The number of fused-ring (bicyclic) bond motifs is 2. The van der Waals surface area contributed by atoms with E-state index >= 15 is 0 Å². The van der Waals surface area contributed by atoms with Crippen molar-refractivity contribution < 1.29 is 13.9 Å². The van der Waals surface area contributed by atoms with Gasteiger partial charge in [0.1, 0.15) is 11.9 Å². The number of nitrogens with one attached hydrogen (secondary N) is 1. The molecule has 3 N–H and O–H groups in total. The number of anilines is 2. The van der Waals surface area contributed by atoms with Crippen LogP contribution in [0.5, 0.6) is 5.75 Å². The number of hydrogen-bond donors (Lipinski definition) is 2. The van der Waals surface area contributed by atoms with Gasteiger partial charge in [0.2, 0.25) is 0 Å². The molecule has 6 rings (SSSR count). The van der Waals surface area contributed by atoms with Crippen molar-refractivity contribution in [3.05, 3.63) is 82.9 Å². The van der Waals surface area contributed by atoms with E-state index in [1.165, 1.54) is 5.56 Å². The van der Waals surface area contributed by atoms with Gasteiger partial charge in [0.25, 0.3) is 5.91 Å². The second kappa shape index (κ2) is 10.5. The minimum atomic E-state index is -0.258. The van der Waals surface area contributed by atoms with Crippen molar-refractivity contribution in [1.82, 2.24) is 9.88 Å². The second-order valence-electron chi connectivity index (χ2n) is 10.5. The summed E-state index contributed by atoms with van der Waals surface area (Å²) < 4.78 is 11.8. The molecule has 7 heteroatoms. The number of amides is 1. The van der Waals surface area contributed by atoms with Crippen LogP contribution in [0.2, 0.25) is 0 Å². The summed E-state index contributed by atoms with van der Waals surface area (Å²) in [5.41, 5.74) is 13.3. The molecule has 0 saturated carbocycles. The SMILES string of the molecule is Cc1ccc(OC2CCN(Cc3ccoc3C(=O)Nc3ccc4nc5c(c(N)c4c3)CCCC5)CC2)cc1. The zero-order valence-electron chi connectivity index (χ0n) is 21.8. The van der Waals surface area contributed by atoms with Gasteiger partial charge in [0.15, 0.2) is 5.76 Å². The Kier molecular flexibility index (Phi) is 6.77. The number of nitrogens with zero attached hydrogens (tertiary/aromatic N) is 2. The lowest BCUT2D eigenvalue weighted by Crippen LogP contribution is -2.38. The number of benzene rings is 2. The first-order valence-electron chi connectivity index (χ1n) is 13.6. The van der Waals surface area contributed by atoms with Crippen molar-refractivity contribution in [2.75, 3.05) is 24.1 Å². The van der Waals surface area contributed by atoms with Gasteiger partial charge >= 0.3 is 0 Å².